The standard InChI is InChI=1S/C15H18N2O4/c1-9(2)17-13(18)8-16-7-11-10-5-3-4-6-12(10)21-14(11)15(19)20/h3-6,9,16H,7-8H2,1-2H3,(H,17,18)(H,19,20). The number of carbonyl (C=O) groups is 2. The van der Waals surface area contributed by atoms with E-state index >= 15 is 0 Å². The highest BCUT2D eigenvalue weighted by atomic mass is 16.4. The molecule has 0 saturated carbocycles. The van der Waals surface area contributed by atoms with Gasteiger partial charge in [0.15, 0.2) is 0 Å². The lowest BCUT2D eigenvalue weighted by Crippen LogP contribution is -2.37. The zero-order chi connectivity index (χ0) is 15.4. The van der Waals surface area contributed by atoms with Crippen LogP contribution in [-0.2, 0) is 11.3 Å². The van der Waals surface area contributed by atoms with E-state index in [2.05, 4.69) is 10.6 Å². The number of carbonyl (C=O) groups excluding carboxylic acids is 1. The van der Waals surface area contributed by atoms with Crippen molar-refractivity contribution in [3.8, 4) is 0 Å². The van der Waals surface area contributed by atoms with Gasteiger partial charge in [-0.25, -0.2) is 4.79 Å². The average Bonchev–Trinajstić information content (AvgIpc) is 2.77. The Morgan fingerprint density at radius 1 is 1.29 bits per heavy atom. The van der Waals surface area contributed by atoms with Crippen LogP contribution in [0.25, 0.3) is 11.0 Å². The molecular formula is C15H18N2O4. The van der Waals surface area contributed by atoms with Gasteiger partial charge in [0.05, 0.1) is 6.54 Å². The summed E-state index contributed by atoms with van der Waals surface area (Å²) in [6, 6.07) is 7.19. The monoisotopic (exact) mass is 290 g/mol. The van der Waals surface area contributed by atoms with Crippen molar-refractivity contribution < 1.29 is 19.1 Å². The van der Waals surface area contributed by atoms with Gasteiger partial charge in [0.1, 0.15) is 5.58 Å². The minimum atomic E-state index is -1.12. The van der Waals surface area contributed by atoms with Crippen molar-refractivity contribution in [2.75, 3.05) is 6.54 Å². The van der Waals surface area contributed by atoms with Crippen LogP contribution in [-0.4, -0.2) is 29.6 Å². The van der Waals surface area contributed by atoms with E-state index in [4.69, 9.17) is 4.42 Å². The van der Waals surface area contributed by atoms with Gasteiger partial charge in [-0.3, -0.25) is 4.79 Å². The molecule has 21 heavy (non-hydrogen) atoms. The fraction of sp³-hybridized carbons (Fsp3) is 0.333. The molecule has 1 aromatic carbocycles. The molecule has 0 spiro atoms. The molecule has 0 unspecified atom stereocenters. The van der Waals surface area contributed by atoms with Gasteiger partial charge in [-0.1, -0.05) is 18.2 Å². The highest BCUT2D eigenvalue weighted by molar-refractivity contribution is 5.95. The molecular weight excluding hydrogens is 272 g/mol. The molecule has 3 N–H and O–H groups in total. The summed E-state index contributed by atoms with van der Waals surface area (Å²) in [6.45, 7) is 4.13. The lowest BCUT2D eigenvalue weighted by atomic mass is 10.1. The third kappa shape index (κ3) is 3.61. The van der Waals surface area contributed by atoms with Crippen molar-refractivity contribution in [3.63, 3.8) is 0 Å². The number of nitrogens with one attached hydrogen (secondary N) is 2. The van der Waals surface area contributed by atoms with Crippen LogP contribution in [0.5, 0.6) is 0 Å². The largest absolute Gasteiger partial charge is 0.475 e. The summed E-state index contributed by atoms with van der Waals surface area (Å²) in [5.41, 5.74) is 1.08. The maximum Gasteiger partial charge on any atom is 0.372 e. The summed E-state index contributed by atoms with van der Waals surface area (Å²) in [5, 5.41) is 15.6. The first-order valence-corrected chi connectivity index (χ1v) is 6.73. The molecule has 1 amide bonds. The molecule has 1 heterocycles. The van der Waals surface area contributed by atoms with E-state index < -0.39 is 5.97 Å². The van der Waals surface area contributed by atoms with E-state index in [1.54, 1.807) is 18.2 Å². The number of fused-ring (bicyclic) bond motifs is 1. The quantitative estimate of drug-likeness (QED) is 0.754. The van der Waals surface area contributed by atoms with Crippen LogP contribution >= 0.6 is 0 Å². The number of hydrogen-bond donors (Lipinski definition) is 3. The first-order valence-electron chi connectivity index (χ1n) is 6.73. The van der Waals surface area contributed by atoms with Crippen molar-refractivity contribution in [2.24, 2.45) is 0 Å². The summed E-state index contributed by atoms with van der Waals surface area (Å²) in [5.74, 6) is -1.34. The lowest BCUT2D eigenvalue weighted by Gasteiger charge is -2.09. The second-order valence-corrected chi connectivity index (χ2v) is 5.04. The molecule has 0 fully saturated rings. The number of benzene rings is 1. The number of carboxylic acid groups (broad SMARTS) is 1. The van der Waals surface area contributed by atoms with Gasteiger partial charge >= 0.3 is 5.97 Å². The molecule has 112 valence electrons. The van der Waals surface area contributed by atoms with Gasteiger partial charge < -0.3 is 20.2 Å². The Morgan fingerprint density at radius 2 is 2.00 bits per heavy atom. The van der Waals surface area contributed by atoms with E-state index in [1.807, 2.05) is 19.9 Å². The predicted molar refractivity (Wildman–Crippen MR) is 78.2 cm³/mol. The van der Waals surface area contributed by atoms with Crippen LogP contribution in [0.15, 0.2) is 28.7 Å². The number of furan rings is 1. The molecule has 2 rings (SSSR count). The van der Waals surface area contributed by atoms with Crippen LogP contribution < -0.4 is 10.6 Å². The Hall–Kier alpha value is -2.34. The van der Waals surface area contributed by atoms with Crippen molar-refractivity contribution in [3.05, 3.63) is 35.6 Å². The SMILES string of the molecule is CC(C)NC(=O)CNCc1c(C(=O)O)oc2ccccc12. The number of aromatic carboxylic acids is 1. The number of carboxylic acids is 1. The van der Waals surface area contributed by atoms with Crippen LogP contribution in [0, 0.1) is 0 Å². The molecule has 0 aliphatic carbocycles. The predicted octanol–water partition coefficient (Wildman–Crippen LogP) is 1.75. The summed E-state index contributed by atoms with van der Waals surface area (Å²) < 4.78 is 5.34. The summed E-state index contributed by atoms with van der Waals surface area (Å²) in [7, 11) is 0. The summed E-state index contributed by atoms with van der Waals surface area (Å²) >= 11 is 0. The topological polar surface area (TPSA) is 91.6 Å². The smallest absolute Gasteiger partial charge is 0.372 e. The Labute approximate surface area is 122 Å². The third-order valence-corrected chi connectivity index (χ3v) is 2.93. The number of rotatable bonds is 6. The van der Waals surface area contributed by atoms with Crippen molar-refractivity contribution in [1.82, 2.24) is 10.6 Å². The van der Waals surface area contributed by atoms with E-state index in [9.17, 15) is 14.7 Å². The Bertz CT molecular complexity index is 661. The summed E-state index contributed by atoms with van der Waals surface area (Å²) in [6.07, 6.45) is 0. The number of amides is 1. The molecule has 2 aromatic rings. The first kappa shape index (κ1) is 15.1. The Balaban J connectivity index is 2.12. The van der Waals surface area contributed by atoms with Crippen molar-refractivity contribution in [1.29, 1.82) is 0 Å². The average molecular weight is 290 g/mol. The van der Waals surface area contributed by atoms with Crippen LogP contribution in [0.3, 0.4) is 0 Å². The molecule has 0 saturated heterocycles. The molecule has 6 heteroatoms. The lowest BCUT2D eigenvalue weighted by molar-refractivity contribution is -0.120. The zero-order valence-corrected chi connectivity index (χ0v) is 12.0. The fourth-order valence-corrected chi connectivity index (χ4v) is 2.12. The highest BCUT2D eigenvalue weighted by Gasteiger charge is 2.19. The maximum absolute atomic E-state index is 11.6. The molecule has 0 radical (unpaired) electrons. The molecule has 0 bridgehead atoms. The van der Waals surface area contributed by atoms with Crippen LogP contribution in [0.1, 0.15) is 30.0 Å². The first-order chi connectivity index (χ1) is 9.99. The Kier molecular flexibility index (Phi) is 4.59. The minimum absolute atomic E-state index is 0.0728. The van der Waals surface area contributed by atoms with Crippen LogP contribution in [0.2, 0.25) is 0 Å². The molecule has 0 aliphatic heterocycles. The number of hydrogen-bond acceptors (Lipinski definition) is 4. The second kappa shape index (κ2) is 6.41. The third-order valence-electron chi connectivity index (χ3n) is 2.93. The molecule has 0 aliphatic rings. The summed E-state index contributed by atoms with van der Waals surface area (Å²) in [4.78, 5) is 22.8. The Morgan fingerprint density at radius 3 is 2.67 bits per heavy atom. The van der Waals surface area contributed by atoms with Gasteiger partial charge in [-0.15, -0.1) is 0 Å². The van der Waals surface area contributed by atoms with Crippen molar-refractivity contribution >= 4 is 22.8 Å². The van der Waals surface area contributed by atoms with E-state index in [1.165, 1.54) is 0 Å². The molecule has 1 aromatic heterocycles. The van der Waals surface area contributed by atoms with E-state index in [-0.39, 0.29) is 30.8 Å². The maximum atomic E-state index is 11.6. The fourth-order valence-electron chi connectivity index (χ4n) is 2.12. The normalized spacial score (nSPS) is 11.0. The van der Waals surface area contributed by atoms with Gasteiger partial charge in [-0.2, -0.15) is 0 Å². The molecule has 0 atom stereocenters. The van der Waals surface area contributed by atoms with Gasteiger partial charge in [-0.05, 0) is 19.9 Å². The highest BCUT2D eigenvalue weighted by Crippen LogP contribution is 2.25. The van der Waals surface area contributed by atoms with E-state index in [0.717, 1.165) is 5.39 Å². The van der Waals surface area contributed by atoms with Gasteiger partial charge in [0.25, 0.3) is 0 Å². The zero-order valence-electron chi connectivity index (χ0n) is 12.0. The van der Waals surface area contributed by atoms with E-state index in [0.29, 0.717) is 11.1 Å². The van der Waals surface area contributed by atoms with Crippen LogP contribution in [0.4, 0.5) is 0 Å². The van der Waals surface area contributed by atoms with Crippen molar-refractivity contribution in [2.45, 2.75) is 26.4 Å². The second-order valence-electron chi connectivity index (χ2n) is 5.04. The van der Waals surface area contributed by atoms with Gasteiger partial charge in [0.2, 0.25) is 11.7 Å². The number of para-hydroxylation sites is 1. The molecule has 6 nitrogen and oxygen atoms in total. The minimum Gasteiger partial charge on any atom is -0.475 e. The van der Waals surface area contributed by atoms with Gasteiger partial charge in [0, 0.05) is 23.5 Å².